The van der Waals surface area contributed by atoms with Crippen LogP contribution in [0.1, 0.15) is 22.9 Å². The largest absolute Gasteiger partial charge is 0.487 e. The highest BCUT2D eigenvalue weighted by Crippen LogP contribution is 2.30. The first-order chi connectivity index (χ1) is 20.1. The molecule has 0 aliphatic heterocycles. The highest BCUT2D eigenvalue weighted by atomic mass is 32.1. The van der Waals surface area contributed by atoms with Gasteiger partial charge in [0.2, 0.25) is 0 Å². The molecule has 0 amide bonds. The summed E-state index contributed by atoms with van der Waals surface area (Å²) in [5.74, 6) is -0.758. The molecule has 41 heavy (non-hydrogen) atoms. The number of aliphatic carboxylic acids is 1. The zero-order chi connectivity index (χ0) is 28.0. The summed E-state index contributed by atoms with van der Waals surface area (Å²) < 4.78 is 5.97. The predicted molar refractivity (Wildman–Crippen MR) is 165 cm³/mol. The molecule has 7 heteroatoms. The number of carboxylic acid groups (broad SMARTS) is 1. The van der Waals surface area contributed by atoms with Crippen LogP contribution in [0.2, 0.25) is 0 Å². The van der Waals surface area contributed by atoms with Crippen LogP contribution in [0.4, 0.5) is 0 Å². The van der Waals surface area contributed by atoms with Crippen LogP contribution in [0.5, 0.6) is 5.75 Å². The number of thiazole rings is 2. The van der Waals surface area contributed by atoms with Crippen molar-refractivity contribution in [2.45, 2.75) is 18.9 Å². The summed E-state index contributed by atoms with van der Waals surface area (Å²) in [5.41, 5.74) is 6.63. The van der Waals surface area contributed by atoms with Crippen LogP contribution in [0.3, 0.4) is 0 Å². The van der Waals surface area contributed by atoms with E-state index in [0.717, 1.165) is 55.0 Å². The normalized spacial score (nSPS) is 11.7. The summed E-state index contributed by atoms with van der Waals surface area (Å²) in [7, 11) is 0. The van der Waals surface area contributed by atoms with Crippen LogP contribution in [0.15, 0.2) is 120 Å². The molecule has 0 bridgehead atoms. The standard InChI is InChI=1S/C34H26N2O3S2/c37-34(38)31(19-28-21-40-32(35-28)26-7-3-1-4-8-26)25-13-11-23(12-14-25)24-15-17-30(18-16-24)39-20-29-22-41-33(36-29)27-9-5-2-6-10-27/h1-18,21-22,31H,19-20H2,(H,37,38). The Labute approximate surface area is 246 Å². The van der Waals surface area contributed by atoms with E-state index < -0.39 is 11.9 Å². The Bertz CT molecular complexity index is 1730. The molecule has 2 heterocycles. The van der Waals surface area contributed by atoms with Gasteiger partial charge < -0.3 is 9.84 Å². The Balaban J connectivity index is 1.09. The van der Waals surface area contributed by atoms with Gasteiger partial charge >= 0.3 is 5.97 Å². The number of hydrogen-bond acceptors (Lipinski definition) is 6. The number of benzene rings is 4. The first-order valence-corrected chi connectivity index (χ1v) is 14.9. The van der Waals surface area contributed by atoms with Crippen molar-refractivity contribution in [1.29, 1.82) is 0 Å². The Morgan fingerprint density at radius 2 is 1.17 bits per heavy atom. The van der Waals surface area contributed by atoms with Crippen molar-refractivity contribution in [3.05, 3.63) is 137 Å². The Kier molecular flexibility index (Phi) is 7.98. The molecule has 0 saturated carbocycles. The smallest absolute Gasteiger partial charge is 0.311 e. The van der Waals surface area contributed by atoms with Gasteiger partial charge in [0.15, 0.2) is 0 Å². The van der Waals surface area contributed by atoms with E-state index in [1.807, 2.05) is 108 Å². The molecule has 0 aliphatic carbocycles. The average Bonchev–Trinajstić information content (AvgIpc) is 3.70. The van der Waals surface area contributed by atoms with E-state index in [9.17, 15) is 9.90 Å². The second-order valence-corrected chi connectivity index (χ2v) is 11.3. The molecule has 2 aromatic heterocycles. The average molecular weight is 575 g/mol. The first-order valence-electron chi connectivity index (χ1n) is 13.2. The number of carbonyl (C=O) groups is 1. The molecule has 0 radical (unpaired) electrons. The highest BCUT2D eigenvalue weighted by molar-refractivity contribution is 7.13. The summed E-state index contributed by atoms with van der Waals surface area (Å²) >= 11 is 3.15. The number of carboxylic acids is 1. The quantitative estimate of drug-likeness (QED) is 0.177. The van der Waals surface area contributed by atoms with Gasteiger partial charge in [0.25, 0.3) is 0 Å². The maximum atomic E-state index is 12.2. The third-order valence-electron chi connectivity index (χ3n) is 6.74. The second kappa shape index (κ2) is 12.3. The van der Waals surface area contributed by atoms with E-state index in [1.165, 1.54) is 11.3 Å². The number of rotatable bonds is 10. The van der Waals surface area contributed by atoms with Crippen LogP contribution >= 0.6 is 22.7 Å². The third-order valence-corrected chi connectivity index (χ3v) is 8.62. The number of ether oxygens (including phenoxy) is 1. The summed E-state index contributed by atoms with van der Waals surface area (Å²) in [5, 5.41) is 15.8. The van der Waals surface area contributed by atoms with Gasteiger partial charge in [-0.3, -0.25) is 4.79 Å². The zero-order valence-electron chi connectivity index (χ0n) is 22.0. The lowest BCUT2D eigenvalue weighted by molar-refractivity contribution is -0.138. The van der Waals surface area contributed by atoms with Gasteiger partial charge in [-0.1, -0.05) is 97.1 Å². The fourth-order valence-electron chi connectivity index (χ4n) is 4.57. The van der Waals surface area contributed by atoms with Gasteiger partial charge in [0.1, 0.15) is 22.4 Å². The molecule has 1 N–H and O–H groups in total. The maximum Gasteiger partial charge on any atom is 0.311 e. The molecule has 0 saturated heterocycles. The molecule has 0 spiro atoms. The minimum absolute atomic E-state index is 0.343. The summed E-state index contributed by atoms with van der Waals surface area (Å²) in [6.07, 6.45) is 0.343. The van der Waals surface area contributed by atoms with Crippen molar-refractivity contribution in [2.24, 2.45) is 0 Å². The summed E-state index contributed by atoms with van der Waals surface area (Å²) in [6.45, 7) is 0.403. The van der Waals surface area contributed by atoms with Crippen molar-refractivity contribution in [3.8, 4) is 38.0 Å². The summed E-state index contributed by atoms with van der Waals surface area (Å²) in [6, 6.07) is 35.7. The molecule has 202 valence electrons. The van der Waals surface area contributed by atoms with E-state index >= 15 is 0 Å². The fraction of sp³-hybridized carbons (Fsp3) is 0.0882. The lowest BCUT2D eigenvalue weighted by Crippen LogP contribution is -2.14. The maximum absolute atomic E-state index is 12.2. The summed E-state index contributed by atoms with van der Waals surface area (Å²) in [4.78, 5) is 21.5. The fourth-order valence-corrected chi connectivity index (χ4v) is 6.22. The van der Waals surface area contributed by atoms with E-state index in [-0.39, 0.29) is 0 Å². The van der Waals surface area contributed by atoms with E-state index in [1.54, 1.807) is 11.3 Å². The van der Waals surface area contributed by atoms with E-state index in [2.05, 4.69) is 17.1 Å². The van der Waals surface area contributed by atoms with Crippen molar-refractivity contribution in [2.75, 3.05) is 0 Å². The molecular formula is C34H26N2O3S2. The van der Waals surface area contributed by atoms with Gasteiger partial charge in [-0.05, 0) is 28.8 Å². The first kappa shape index (κ1) is 26.6. The minimum Gasteiger partial charge on any atom is -0.487 e. The van der Waals surface area contributed by atoms with Gasteiger partial charge in [-0.15, -0.1) is 22.7 Å². The molecule has 1 atom stereocenters. The molecule has 0 aliphatic rings. The molecule has 1 unspecified atom stereocenters. The lowest BCUT2D eigenvalue weighted by atomic mass is 9.93. The number of nitrogens with zero attached hydrogens (tertiary/aromatic N) is 2. The third kappa shape index (κ3) is 6.43. The van der Waals surface area contributed by atoms with Crippen molar-refractivity contribution < 1.29 is 14.6 Å². The Morgan fingerprint density at radius 1 is 0.659 bits per heavy atom. The SMILES string of the molecule is O=C(O)C(Cc1csc(-c2ccccc2)n1)c1ccc(-c2ccc(OCc3csc(-c4ccccc4)n3)cc2)cc1. The van der Waals surface area contributed by atoms with Crippen LogP contribution in [-0.4, -0.2) is 21.0 Å². The van der Waals surface area contributed by atoms with Crippen LogP contribution in [0.25, 0.3) is 32.3 Å². The topological polar surface area (TPSA) is 72.3 Å². The lowest BCUT2D eigenvalue weighted by Gasteiger charge is -2.13. The van der Waals surface area contributed by atoms with E-state index in [4.69, 9.17) is 9.72 Å². The Morgan fingerprint density at radius 3 is 1.73 bits per heavy atom. The van der Waals surface area contributed by atoms with Gasteiger partial charge in [0, 0.05) is 28.3 Å². The predicted octanol–water partition coefficient (Wildman–Crippen LogP) is 8.59. The molecule has 6 rings (SSSR count). The van der Waals surface area contributed by atoms with Gasteiger partial charge in [0.05, 0.1) is 17.3 Å². The van der Waals surface area contributed by atoms with Gasteiger partial charge in [-0.2, -0.15) is 0 Å². The highest BCUT2D eigenvalue weighted by Gasteiger charge is 2.22. The molecule has 0 fully saturated rings. The second-order valence-electron chi connectivity index (χ2n) is 9.55. The number of hydrogen-bond donors (Lipinski definition) is 1. The molecule has 6 aromatic rings. The van der Waals surface area contributed by atoms with Gasteiger partial charge in [-0.25, -0.2) is 9.97 Å². The van der Waals surface area contributed by atoms with Crippen LogP contribution in [-0.2, 0) is 17.8 Å². The minimum atomic E-state index is -0.857. The molecular weight excluding hydrogens is 549 g/mol. The van der Waals surface area contributed by atoms with Crippen molar-refractivity contribution in [1.82, 2.24) is 9.97 Å². The molecule has 5 nitrogen and oxygen atoms in total. The van der Waals surface area contributed by atoms with E-state index in [0.29, 0.717) is 13.0 Å². The monoisotopic (exact) mass is 574 g/mol. The molecule has 4 aromatic carbocycles. The van der Waals surface area contributed by atoms with Crippen molar-refractivity contribution in [3.63, 3.8) is 0 Å². The van der Waals surface area contributed by atoms with Crippen molar-refractivity contribution >= 4 is 28.6 Å². The Hall–Kier alpha value is -4.59. The van der Waals surface area contributed by atoms with Crippen LogP contribution in [0, 0.1) is 0 Å². The number of aromatic nitrogens is 2. The van der Waals surface area contributed by atoms with Crippen LogP contribution < -0.4 is 4.74 Å². The zero-order valence-corrected chi connectivity index (χ0v) is 23.6.